The van der Waals surface area contributed by atoms with Crippen molar-refractivity contribution in [1.29, 1.82) is 0 Å². The van der Waals surface area contributed by atoms with Crippen molar-refractivity contribution in [3.05, 3.63) is 81.9 Å². The molecule has 4 aromatic rings. The highest BCUT2D eigenvalue weighted by Gasteiger charge is 2.52. The maximum absolute atomic E-state index is 13.9. The molecule has 12 nitrogen and oxygen atoms in total. The van der Waals surface area contributed by atoms with Gasteiger partial charge in [-0.15, -0.1) is 10.2 Å². The van der Waals surface area contributed by atoms with Gasteiger partial charge in [-0.3, -0.25) is 14.0 Å². The number of alkyl halides is 2. The molecule has 1 aromatic carbocycles. The van der Waals surface area contributed by atoms with Crippen LogP contribution in [0.1, 0.15) is 75.6 Å². The zero-order chi connectivity index (χ0) is 31.6. The van der Waals surface area contributed by atoms with E-state index in [9.17, 15) is 31.9 Å². The predicted molar refractivity (Wildman–Crippen MR) is 151 cm³/mol. The molecule has 0 saturated heterocycles. The minimum Gasteiger partial charge on any atom is -0.481 e. The number of carboxylic acids is 1. The van der Waals surface area contributed by atoms with E-state index in [1.54, 1.807) is 31.2 Å². The third-order valence-corrected chi connectivity index (χ3v) is 10.1. The smallest absolute Gasteiger partial charge is 0.304 e. The molecule has 1 amide bonds. The number of carbonyl (C=O) groups is 2. The monoisotopic (exact) mass is 626 g/mol. The molecule has 1 spiro atoms. The minimum atomic E-state index is -4.20. The van der Waals surface area contributed by atoms with E-state index in [1.807, 2.05) is 6.92 Å². The summed E-state index contributed by atoms with van der Waals surface area (Å²) in [6.45, 7) is 3.48. The summed E-state index contributed by atoms with van der Waals surface area (Å²) in [5.74, 6) is -3.21. The molecule has 1 aliphatic heterocycles. The Balaban J connectivity index is 1.41. The van der Waals surface area contributed by atoms with Crippen LogP contribution in [0.25, 0.3) is 5.65 Å². The molecule has 230 valence electrons. The van der Waals surface area contributed by atoms with E-state index in [2.05, 4.69) is 15.2 Å². The molecular formula is C29H28F2N6O6S. The van der Waals surface area contributed by atoms with Gasteiger partial charge < -0.3 is 15.6 Å². The van der Waals surface area contributed by atoms with Gasteiger partial charge in [-0.2, -0.15) is 4.31 Å². The van der Waals surface area contributed by atoms with Crippen molar-refractivity contribution in [3.63, 3.8) is 0 Å². The number of pyridine rings is 2. The first kappa shape index (κ1) is 29.6. The van der Waals surface area contributed by atoms with Gasteiger partial charge in [0.2, 0.25) is 27.6 Å². The number of aliphatic carboxylic acids is 1. The second-order valence-corrected chi connectivity index (χ2v) is 13.1. The SMILES string of the molecule is Cc1ccc([C@@H](CC(=O)O)c2ccn3c(C(F)F)nnc3c2C)cc1CN1CC2(CC2)Oc2ncc(C(N)=O)cc2S1(=O)=O. The molecular weight excluding hydrogens is 598 g/mol. The fourth-order valence-corrected chi connectivity index (χ4v) is 7.23. The zero-order valence-electron chi connectivity index (χ0n) is 23.7. The largest absolute Gasteiger partial charge is 0.481 e. The Labute approximate surface area is 250 Å². The van der Waals surface area contributed by atoms with Gasteiger partial charge in [0.1, 0.15) is 10.5 Å². The van der Waals surface area contributed by atoms with E-state index in [0.717, 1.165) is 5.56 Å². The molecule has 3 aromatic heterocycles. The Hall–Kier alpha value is -4.50. The van der Waals surface area contributed by atoms with Crippen LogP contribution in [0, 0.1) is 13.8 Å². The van der Waals surface area contributed by atoms with Crippen LogP contribution in [0.3, 0.4) is 0 Å². The average Bonchev–Trinajstić information content (AvgIpc) is 3.58. The molecule has 1 saturated carbocycles. The van der Waals surface area contributed by atoms with Gasteiger partial charge in [0, 0.05) is 24.9 Å². The van der Waals surface area contributed by atoms with Gasteiger partial charge in [0.05, 0.1) is 18.5 Å². The minimum absolute atomic E-state index is 0.0505. The van der Waals surface area contributed by atoms with Gasteiger partial charge in [0.25, 0.3) is 6.43 Å². The second-order valence-electron chi connectivity index (χ2n) is 11.2. The number of aromatic nitrogens is 4. The normalized spacial score (nSPS) is 17.7. The number of aryl methyl sites for hydroxylation is 2. The number of benzene rings is 1. The molecule has 3 N–H and O–H groups in total. The van der Waals surface area contributed by atoms with Crippen LogP contribution in [0.2, 0.25) is 0 Å². The highest BCUT2D eigenvalue weighted by Crippen LogP contribution is 2.46. The number of carbonyl (C=O) groups excluding carboxylic acids is 1. The Morgan fingerprint density at radius 3 is 2.57 bits per heavy atom. The number of nitrogens with two attached hydrogens (primary N) is 1. The first-order valence-electron chi connectivity index (χ1n) is 13.7. The summed E-state index contributed by atoms with van der Waals surface area (Å²) in [4.78, 5) is 27.7. The van der Waals surface area contributed by atoms with Crippen LogP contribution in [-0.4, -0.2) is 61.4 Å². The molecule has 1 fully saturated rings. The van der Waals surface area contributed by atoms with E-state index in [4.69, 9.17) is 10.5 Å². The lowest BCUT2D eigenvalue weighted by atomic mass is 9.85. The fraction of sp³-hybridized carbons (Fsp3) is 0.345. The summed E-state index contributed by atoms with van der Waals surface area (Å²) in [5, 5.41) is 17.3. The maximum atomic E-state index is 13.9. The number of hydrogen-bond donors (Lipinski definition) is 2. The lowest BCUT2D eigenvalue weighted by molar-refractivity contribution is -0.137. The highest BCUT2D eigenvalue weighted by atomic mass is 32.2. The Bertz CT molecular complexity index is 1940. The first-order valence-corrected chi connectivity index (χ1v) is 15.2. The number of amides is 1. The number of fused-ring (bicyclic) bond motifs is 2. The highest BCUT2D eigenvalue weighted by molar-refractivity contribution is 7.89. The number of ether oxygens (including phenoxy) is 1. The molecule has 44 heavy (non-hydrogen) atoms. The van der Waals surface area contributed by atoms with Gasteiger partial charge in [0.15, 0.2) is 5.65 Å². The summed E-state index contributed by atoms with van der Waals surface area (Å²) in [6, 6.07) is 8.07. The molecule has 6 rings (SSSR count). The summed E-state index contributed by atoms with van der Waals surface area (Å²) in [5.41, 5.74) is 7.80. The summed E-state index contributed by atoms with van der Waals surface area (Å²) >= 11 is 0. The van der Waals surface area contributed by atoms with Crippen LogP contribution in [0.4, 0.5) is 8.78 Å². The van der Waals surface area contributed by atoms with Crippen molar-refractivity contribution in [3.8, 4) is 5.88 Å². The lowest BCUT2D eigenvalue weighted by Gasteiger charge is -2.25. The summed E-state index contributed by atoms with van der Waals surface area (Å²) in [7, 11) is -4.20. The number of halogens is 2. The Morgan fingerprint density at radius 1 is 1.16 bits per heavy atom. The molecule has 1 aliphatic carbocycles. The second kappa shape index (κ2) is 10.6. The molecule has 0 radical (unpaired) electrons. The average molecular weight is 627 g/mol. The number of carboxylic acid groups (broad SMARTS) is 1. The van der Waals surface area contributed by atoms with E-state index >= 15 is 0 Å². The maximum Gasteiger partial charge on any atom is 0.304 e. The number of rotatable bonds is 8. The number of primary amides is 1. The number of nitrogens with zero attached hydrogens (tertiary/aromatic N) is 5. The predicted octanol–water partition coefficient (Wildman–Crippen LogP) is 3.50. The molecule has 0 unspecified atom stereocenters. The van der Waals surface area contributed by atoms with E-state index in [0.29, 0.717) is 35.1 Å². The zero-order valence-corrected chi connectivity index (χ0v) is 24.5. The van der Waals surface area contributed by atoms with Gasteiger partial charge >= 0.3 is 5.97 Å². The molecule has 4 heterocycles. The van der Waals surface area contributed by atoms with Crippen molar-refractivity contribution in [2.75, 3.05) is 6.54 Å². The van der Waals surface area contributed by atoms with Crippen molar-refractivity contribution >= 4 is 27.5 Å². The quantitative estimate of drug-likeness (QED) is 0.297. The van der Waals surface area contributed by atoms with Crippen molar-refractivity contribution < 1.29 is 36.6 Å². The van der Waals surface area contributed by atoms with Crippen LogP contribution >= 0.6 is 0 Å². The summed E-state index contributed by atoms with van der Waals surface area (Å²) < 4.78 is 63.2. The van der Waals surface area contributed by atoms with Crippen LogP contribution in [-0.2, 0) is 21.4 Å². The van der Waals surface area contributed by atoms with Crippen LogP contribution in [0.5, 0.6) is 5.88 Å². The third kappa shape index (κ3) is 5.15. The van der Waals surface area contributed by atoms with Crippen molar-refractivity contribution in [2.24, 2.45) is 5.73 Å². The standard InChI is InChI=1S/C29H28F2N6O6S/c1-15-3-4-17(21(11-23(38)39)20-5-8-37-26(16(20)2)34-35-27(37)24(30)31)9-19(15)13-36-14-29(6-7-29)43-28-22(44(36,41)42)10-18(12-33-28)25(32)40/h3-5,8-10,12,21,24H,6-7,11,13-14H2,1-2H3,(H2,32,40)(H,38,39)/t21-/m1/s1. The number of sulfonamides is 1. The Morgan fingerprint density at radius 2 is 1.91 bits per heavy atom. The van der Waals surface area contributed by atoms with Crippen LogP contribution in [0.15, 0.2) is 47.6 Å². The Kier molecular flexibility index (Phi) is 7.12. The van der Waals surface area contributed by atoms with Gasteiger partial charge in [-0.1, -0.05) is 18.2 Å². The van der Waals surface area contributed by atoms with Crippen molar-refractivity contribution in [1.82, 2.24) is 23.9 Å². The topological polar surface area (TPSA) is 170 Å². The molecule has 2 aliphatic rings. The molecule has 0 bridgehead atoms. The van der Waals surface area contributed by atoms with Gasteiger partial charge in [-0.05, 0) is 66.6 Å². The lowest BCUT2D eigenvalue weighted by Crippen LogP contribution is -2.38. The molecule has 1 atom stereocenters. The van der Waals surface area contributed by atoms with Crippen LogP contribution < -0.4 is 10.5 Å². The first-order chi connectivity index (χ1) is 20.8. The summed E-state index contributed by atoms with van der Waals surface area (Å²) in [6.07, 6.45) is 0.665. The van der Waals surface area contributed by atoms with E-state index in [-0.39, 0.29) is 41.5 Å². The number of hydrogen-bond acceptors (Lipinski definition) is 8. The molecule has 15 heteroatoms. The third-order valence-electron chi connectivity index (χ3n) is 8.27. The van der Waals surface area contributed by atoms with E-state index in [1.165, 1.54) is 27.2 Å². The van der Waals surface area contributed by atoms with E-state index < -0.39 is 45.7 Å². The van der Waals surface area contributed by atoms with Gasteiger partial charge in [-0.25, -0.2) is 22.2 Å². The van der Waals surface area contributed by atoms with Crippen molar-refractivity contribution in [2.45, 2.75) is 62.5 Å². The fourth-order valence-electron chi connectivity index (χ4n) is 5.64.